The number of rotatable bonds is 5. The molecule has 0 spiro atoms. The number of aromatic nitrogens is 2. The number of methoxy groups -OCH3 is 1. The largest absolute Gasteiger partial charge is 0.419 e. The molecule has 2 aliphatic heterocycles. The van der Waals surface area contributed by atoms with Crippen molar-refractivity contribution >= 4 is 17.0 Å². The molecule has 0 N–H and O–H groups in total. The molecule has 5 rings (SSSR count). The Kier molecular flexibility index (Phi) is 6.16. The standard InChI is InChI=1S/C25H27F3N4O4/c1-30-20-9-16(3-4-21(20)36-23(30)34)12-31-8-6-24(14-31,15-35-2)22(33)32-7-5-19-17(13-32)10-18(11-29-19)25(26,27)28/h3-4,9-11H,5-8,12-15H2,1-2H3/t24-/m0/s1. The number of ether oxygens (including phenoxy) is 1. The quantitative estimate of drug-likeness (QED) is 0.532. The molecular weight excluding hydrogens is 477 g/mol. The number of pyridine rings is 1. The zero-order chi connectivity index (χ0) is 25.7. The Bertz CT molecular complexity index is 1370. The first-order valence-corrected chi connectivity index (χ1v) is 11.7. The molecule has 0 radical (unpaired) electrons. The second-order valence-corrected chi connectivity index (χ2v) is 9.71. The molecule has 1 amide bonds. The molecule has 8 nitrogen and oxygen atoms in total. The van der Waals surface area contributed by atoms with E-state index in [1.54, 1.807) is 25.1 Å². The molecule has 2 aromatic heterocycles. The first-order chi connectivity index (χ1) is 17.1. The van der Waals surface area contributed by atoms with E-state index in [4.69, 9.17) is 9.15 Å². The lowest BCUT2D eigenvalue weighted by molar-refractivity contribution is -0.145. The van der Waals surface area contributed by atoms with Crippen molar-refractivity contribution in [1.82, 2.24) is 19.4 Å². The van der Waals surface area contributed by atoms with Gasteiger partial charge in [-0.15, -0.1) is 0 Å². The zero-order valence-electron chi connectivity index (χ0n) is 20.1. The number of carbonyl (C=O) groups excluding carboxylic acids is 1. The maximum absolute atomic E-state index is 13.8. The lowest BCUT2D eigenvalue weighted by Crippen LogP contribution is -2.49. The normalized spacial score (nSPS) is 20.8. The third-order valence-electron chi connectivity index (χ3n) is 7.22. The summed E-state index contributed by atoms with van der Waals surface area (Å²) in [5.41, 5.74) is 1.66. The van der Waals surface area contributed by atoms with E-state index in [-0.39, 0.29) is 19.1 Å². The first kappa shape index (κ1) is 24.5. The SMILES string of the molecule is COC[C@]1(C(=O)N2CCc3ncc(C(F)(F)F)cc3C2)CCN(Cc2ccc3oc(=O)n(C)c3c2)C1. The lowest BCUT2D eigenvalue weighted by Gasteiger charge is -2.36. The van der Waals surface area contributed by atoms with Crippen molar-refractivity contribution in [2.24, 2.45) is 12.5 Å². The minimum absolute atomic E-state index is 0.0989. The van der Waals surface area contributed by atoms with Crippen LogP contribution >= 0.6 is 0 Å². The summed E-state index contributed by atoms with van der Waals surface area (Å²) in [4.78, 5) is 33.3. The Hall–Kier alpha value is -3.18. The predicted octanol–water partition coefficient (Wildman–Crippen LogP) is 2.97. The molecule has 1 saturated heterocycles. The van der Waals surface area contributed by atoms with Gasteiger partial charge in [0.25, 0.3) is 0 Å². The fraction of sp³-hybridized carbons (Fsp3) is 0.480. The van der Waals surface area contributed by atoms with Crippen molar-refractivity contribution in [3.05, 3.63) is 63.4 Å². The van der Waals surface area contributed by atoms with E-state index in [0.717, 1.165) is 17.8 Å². The van der Waals surface area contributed by atoms with Crippen molar-refractivity contribution in [3.63, 3.8) is 0 Å². The molecule has 0 aliphatic carbocycles. The molecule has 2 aliphatic rings. The first-order valence-electron chi connectivity index (χ1n) is 11.7. The van der Waals surface area contributed by atoms with Gasteiger partial charge in [0.2, 0.25) is 5.91 Å². The second-order valence-electron chi connectivity index (χ2n) is 9.71. The van der Waals surface area contributed by atoms with Crippen molar-refractivity contribution in [3.8, 4) is 0 Å². The number of hydrogen-bond acceptors (Lipinski definition) is 6. The van der Waals surface area contributed by atoms with Crippen molar-refractivity contribution in [1.29, 1.82) is 0 Å². The van der Waals surface area contributed by atoms with Crippen LogP contribution in [0.15, 0.2) is 39.7 Å². The smallest absolute Gasteiger partial charge is 0.408 e. The highest BCUT2D eigenvalue weighted by molar-refractivity contribution is 5.84. The van der Waals surface area contributed by atoms with E-state index in [1.807, 2.05) is 12.1 Å². The van der Waals surface area contributed by atoms with Crippen LogP contribution < -0.4 is 5.76 Å². The number of nitrogens with zero attached hydrogens (tertiary/aromatic N) is 4. The predicted molar refractivity (Wildman–Crippen MR) is 124 cm³/mol. The van der Waals surface area contributed by atoms with Crippen LogP contribution in [0.4, 0.5) is 13.2 Å². The molecule has 1 atom stereocenters. The van der Waals surface area contributed by atoms with Gasteiger partial charge in [-0.25, -0.2) is 4.79 Å². The topological polar surface area (TPSA) is 80.8 Å². The third kappa shape index (κ3) is 4.41. The van der Waals surface area contributed by atoms with E-state index >= 15 is 0 Å². The fourth-order valence-electron chi connectivity index (χ4n) is 5.34. The average molecular weight is 505 g/mol. The molecule has 36 heavy (non-hydrogen) atoms. The molecule has 192 valence electrons. The molecule has 4 heterocycles. The van der Waals surface area contributed by atoms with Gasteiger partial charge in [0, 0.05) is 58.6 Å². The van der Waals surface area contributed by atoms with Gasteiger partial charge in [-0.3, -0.25) is 19.2 Å². The maximum atomic E-state index is 13.8. The minimum Gasteiger partial charge on any atom is -0.408 e. The van der Waals surface area contributed by atoms with Gasteiger partial charge in [-0.05, 0) is 42.3 Å². The summed E-state index contributed by atoms with van der Waals surface area (Å²) in [5, 5.41) is 0. The van der Waals surface area contributed by atoms with Gasteiger partial charge in [-0.2, -0.15) is 13.2 Å². The number of fused-ring (bicyclic) bond motifs is 2. The van der Waals surface area contributed by atoms with Gasteiger partial charge in [0.1, 0.15) is 0 Å². The molecule has 0 unspecified atom stereocenters. The Balaban J connectivity index is 1.33. The number of halogens is 3. The Morgan fingerprint density at radius 1 is 1.25 bits per heavy atom. The molecular formula is C25H27F3N4O4. The Morgan fingerprint density at radius 3 is 2.81 bits per heavy atom. The number of aryl methyl sites for hydroxylation is 1. The summed E-state index contributed by atoms with van der Waals surface area (Å²) in [5.74, 6) is -0.531. The van der Waals surface area contributed by atoms with Crippen LogP contribution in [0.25, 0.3) is 11.1 Å². The molecule has 1 aromatic carbocycles. The van der Waals surface area contributed by atoms with Crippen LogP contribution in [-0.4, -0.2) is 58.6 Å². The number of carbonyl (C=O) groups is 1. The summed E-state index contributed by atoms with van der Waals surface area (Å²) in [6, 6.07) is 6.68. The monoisotopic (exact) mass is 504 g/mol. The van der Waals surface area contributed by atoms with Gasteiger partial charge in [0.05, 0.1) is 23.1 Å². The number of alkyl halides is 3. The summed E-state index contributed by atoms with van der Waals surface area (Å²) >= 11 is 0. The van der Waals surface area contributed by atoms with Gasteiger partial charge in [-0.1, -0.05) is 6.07 Å². The molecule has 11 heteroatoms. The Labute approximate surface area is 205 Å². The Morgan fingerprint density at radius 2 is 2.06 bits per heavy atom. The minimum atomic E-state index is -4.48. The number of benzene rings is 1. The van der Waals surface area contributed by atoms with Crippen LogP contribution in [0.3, 0.4) is 0 Å². The maximum Gasteiger partial charge on any atom is 0.419 e. The summed E-state index contributed by atoms with van der Waals surface area (Å²) in [6.07, 6.45) is -2.63. The molecule has 0 bridgehead atoms. The lowest BCUT2D eigenvalue weighted by atomic mass is 9.85. The highest BCUT2D eigenvalue weighted by Crippen LogP contribution is 2.36. The number of likely N-dealkylation sites (tertiary alicyclic amines) is 1. The highest BCUT2D eigenvalue weighted by Gasteiger charge is 2.47. The summed E-state index contributed by atoms with van der Waals surface area (Å²) in [6.45, 7) is 2.44. The average Bonchev–Trinajstić information content (AvgIpc) is 3.38. The summed E-state index contributed by atoms with van der Waals surface area (Å²) in [7, 11) is 3.20. The van der Waals surface area contributed by atoms with Crippen molar-refractivity contribution in [2.75, 3.05) is 33.4 Å². The van der Waals surface area contributed by atoms with Gasteiger partial charge >= 0.3 is 11.9 Å². The zero-order valence-corrected chi connectivity index (χ0v) is 20.1. The van der Waals surface area contributed by atoms with Crippen LogP contribution in [-0.2, 0) is 42.3 Å². The number of oxazole rings is 1. The van der Waals surface area contributed by atoms with Crippen molar-refractivity contribution in [2.45, 2.75) is 32.1 Å². The van der Waals surface area contributed by atoms with E-state index in [2.05, 4.69) is 9.88 Å². The molecule has 3 aromatic rings. The van der Waals surface area contributed by atoms with Crippen LogP contribution in [0.2, 0.25) is 0 Å². The van der Waals surface area contributed by atoms with E-state index < -0.39 is 22.9 Å². The van der Waals surface area contributed by atoms with Crippen LogP contribution in [0.1, 0.15) is 28.8 Å². The van der Waals surface area contributed by atoms with E-state index in [0.29, 0.717) is 61.4 Å². The van der Waals surface area contributed by atoms with Gasteiger partial charge in [0.15, 0.2) is 5.58 Å². The summed E-state index contributed by atoms with van der Waals surface area (Å²) < 4.78 is 51.7. The van der Waals surface area contributed by atoms with Gasteiger partial charge < -0.3 is 14.1 Å². The highest BCUT2D eigenvalue weighted by atomic mass is 19.4. The van der Waals surface area contributed by atoms with Crippen molar-refractivity contribution < 1.29 is 27.1 Å². The molecule has 0 saturated carbocycles. The third-order valence-corrected chi connectivity index (χ3v) is 7.22. The number of amides is 1. The van der Waals surface area contributed by atoms with E-state index in [9.17, 15) is 22.8 Å². The number of hydrogen-bond donors (Lipinski definition) is 0. The fourth-order valence-corrected chi connectivity index (χ4v) is 5.34. The van der Waals surface area contributed by atoms with E-state index in [1.165, 1.54) is 4.57 Å². The second kappa shape index (κ2) is 9.04. The molecule has 1 fully saturated rings. The van der Waals surface area contributed by atoms with Crippen LogP contribution in [0.5, 0.6) is 0 Å². The van der Waals surface area contributed by atoms with Crippen LogP contribution in [0, 0.1) is 5.41 Å².